The van der Waals surface area contributed by atoms with Crippen molar-refractivity contribution in [2.45, 2.75) is 0 Å². The van der Waals surface area contributed by atoms with Crippen LogP contribution in [0.25, 0.3) is 0 Å². The molecule has 1 rings (SSSR count). The van der Waals surface area contributed by atoms with E-state index in [1.165, 1.54) is 12.1 Å². The molecular weight excluding hydrogens is 285 g/mol. The van der Waals surface area contributed by atoms with E-state index in [4.69, 9.17) is 45.5 Å². The van der Waals surface area contributed by atoms with Crippen LogP contribution in [0, 0.1) is 0 Å². The second-order valence-corrected chi connectivity index (χ2v) is 5.06. The van der Waals surface area contributed by atoms with Crippen LogP contribution in [0.5, 0.6) is 5.75 Å². The van der Waals surface area contributed by atoms with Gasteiger partial charge in [-0.25, -0.2) is 4.57 Å². The topological polar surface area (TPSA) is 84.6 Å². The van der Waals surface area contributed by atoms with Gasteiger partial charge in [0.1, 0.15) is 5.02 Å². The maximum Gasteiger partial charge on any atom is 0.469 e. The highest BCUT2D eigenvalue weighted by molar-refractivity contribution is 7.50. The number of rotatable bonds is 3. The number of nitrogens with one attached hydrogen (secondary N) is 1. The van der Waals surface area contributed by atoms with E-state index in [-0.39, 0.29) is 20.8 Å². The lowest BCUT2D eigenvalue weighted by Gasteiger charge is -2.13. The van der Waals surface area contributed by atoms with Gasteiger partial charge in [-0.1, -0.05) is 34.8 Å². The number of hydrogen-bond acceptors (Lipinski definition) is 3. The summed E-state index contributed by atoms with van der Waals surface area (Å²) in [6.07, 6.45) is 0. The third-order valence-corrected chi connectivity index (χ3v) is 3.43. The molecule has 0 fully saturated rings. The quantitative estimate of drug-likeness (QED) is 0.345. The molecule has 4 N–H and O–H groups in total. The molecule has 0 aliphatic carbocycles. The average molecular weight is 291 g/mol. The Kier molecular flexibility index (Phi) is 4.26. The van der Waals surface area contributed by atoms with Crippen molar-refractivity contribution in [2.75, 3.05) is 0 Å². The molecule has 15 heavy (non-hydrogen) atoms. The van der Waals surface area contributed by atoms with E-state index in [9.17, 15) is 4.57 Å². The molecule has 84 valence electrons. The summed E-state index contributed by atoms with van der Waals surface area (Å²) in [6.45, 7) is 0. The molecule has 1 unspecified atom stereocenters. The molecule has 0 saturated carbocycles. The first-order chi connectivity index (χ1) is 6.87. The fourth-order valence-corrected chi connectivity index (χ4v) is 1.83. The van der Waals surface area contributed by atoms with Crippen molar-refractivity contribution < 1.29 is 14.0 Å². The largest absolute Gasteiger partial charge is 0.469 e. The minimum absolute atomic E-state index is 0.0351. The van der Waals surface area contributed by atoms with Gasteiger partial charge < -0.3 is 9.42 Å². The number of nitrogens with two attached hydrogens (primary N) is 1. The number of hydrogen-bond donors (Lipinski definition) is 3. The molecule has 0 bridgehead atoms. The number of halogens is 3. The first-order valence-corrected chi connectivity index (χ1v) is 6.22. The maximum atomic E-state index is 11.1. The number of benzene rings is 1. The molecule has 0 aliphatic heterocycles. The Morgan fingerprint density at radius 1 is 1.33 bits per heavy atom. The third-order valence-electron chi connectivity index (χ3n) is 1.38. The average Bonchev–Trinajstić information content (AvgIpc) is 2.19. The molecule has 0 aromatic heterocycles. The van der Waals surface area contributed by atoms with E-state index >= 15 is 0 Å². The van der Waals surface area contributed by atoms with Gasteiger partial charge in [0.25, 0.3) is 0 Å². The summed E-state index contributed by atoms with van der Waals surface area (Å²) in [6, 6.07) is 2.68. The lowest BCUT2D eigenvalue weighted by Crippen LogP contribution is -2.20. The molecule has 5 nitrogen and oxygen atoms in total. The predicted octanol–water partition coefficient (Wildman–Crippen LogP) is 2.59. The minimum Gasteiger partial charge on any atom is -0.411 e. The molecule has 1 atom stereocenters. The molecule has 0 radical (unpaired) electrons. The van der Waals surface area contributed by atoms with Crippen LogP contribution in [-0.4, -0.2) is 4.89 Å². The Labute approximate surface area is 101 Å². The van der Waals surface area contributed by atoms with Gasteiger partial charge in [-0.3, -0.25) is 5.84 Å². The zero-order valence-corrected chi connectivity index (χ0v) is 10.2. The summed E-state index contributed by atoms with van der Waals surface area (Å²) in [5.41, 5.74) is 0. The Balaban J connectivity index is 3.08. The molecule has 1 aromatic carbocycles. The fraction of sp³-hybridized carbons (Fsp3) is 0. The van der Waals surface area contributed by atoms with E-state index in [0.29, 0.717) is 0 Å². The normalized spacial score (nSPS) is 14.7. The van der Waals surface area contributed by atoms with Crippen molar-refractivity contribution in [3.63, 3.8) is 0 Å². The van der Waals surface area contributed by atoms with Crippen LogP contribution < -0.4 is 15.6 Å². The first-order valence-electron chi connectivity index (χ1n) is 3.51. The zero-order valence-electron chi connectivity index (χ0n) is 7.08. The van der Waals surface area contributed by atoms with Gasteiger partial charge in [0.2, 0.25) is 0 Å². The van der Waals surface area contributed by atoms with Crippen LogP contribution in [0.2, 0.25) is 15.1 Å². The predicted molar refractivity (Wildman–Crippen MR) is 59.2 cm³/mol. The van der Waals surface area contributed by atoms with Gasteiger partial charge in [-0.2, -0.15) is 5.20 Å². The Morgan fingerprint density at radius 3 is 2.47 bits per heavy atom. The summed E-state index contributed by atoms with van der Waals surface area (Å²) in [5.74, 6) is 4.69. The summed E-state index contributed by atoms with van der Waals surface area (Å²) < 4.78 is 15.7. The molecular formula is C6H6Cl3N2O3P. The Morgan fingerprint density at radius 2 is 1.93 bits per heavy atom. The molecule has 0 saturated heterocycles. The van der Waals surface area contributed by atoms with Gasteiger partial charge in [0, 0.05) is 0 Å². The molecule has 0 heterocycles. The Hall–Kier alpha value is -0.000000000000000167. The third kappa shape index (κ3) is 3.23. The van der Waals surface area contributed by atoms with Crippen LogP contribution in [-0.2, 0) is 4.57 Å². The molecule has 0 aliphatic rings. The van der Waals surface area contributed by atoms with Gasteiger partial charge in [0.15, 0.2) is 5.75 Å². The van der Waals surface area contributed by atoms with Crippen LogP contribution >= 0.6 is 42.5 Å². The van der Waals surface area contributed by atoms with Crippen molar-refractivity contribution >= 4 is 42.5 Å². The highest BCUT2D eigenvalue weighted by Gasteiger charge is 2.21. The number of hydrazine groups is 1. The van der Waals surface area contributed by atoms with Gasteiger partial charge in [0.05, 0.1) is 10.0 Å². The highest BCUT2D eigenvalue weighted by atomic mass is 35.5. The summed E-state index contributed by atoms with van der Waals surface area (Å²) in [7, 11) is -4.12. The van der Waals surface area contributed by atoms with E-state index < -0.39 is 7.75 Å². The molecule has 0 amide bonds. The van der Waals surface area contributed by atoms with E-state index in [2.05, 4.69) is 4.52 Å². The summed E-state index contributed by atoms with van der Waals surface area (Å²) in [5, 5.41) is 1.79. The van der Waals surface area contributed by atoms with E-state index in [1.807, 2.05) is 0 Å². The van der Waals surface area contributed by atoms with Gasteiger partial charge in [-0.05, 0) is 12.1 Å². The van der Waals surface area contributed by atoms with Crippen LogP contribution in [0.1, 0.15) is 0 Å². The second-order valence-electron chi connectivity index (χ2n) is 2.41. The molecule has 9 heteroatoms. The van der Waals surface area contributed by atoms with Crippen LogP contribution in [0.4, 0.5) is 0 Å². The fourth-order valence-electron chi connectivity index (χ4n) is 0.738. The lowest BCUT2D eigenvalue weighted by molar-refractivity contribution is 0.365. The van der Waals surface area contributed by atoms with Crippen molar-refractivity contribution in [2.24, 2.45) is 5.84 Å². The molecule has 1 aromatic rings. The van der Waals surface area contributed by atoms with Crippen molar-refractivity contribution in [1.29, 1.82) is 0 Å². The van der Waals surface area contributed by atoms with Crippen molar-refractivity contribution in [3.8, 4) is 5.75 Å². The first kappa shape index (κ1) is 13.1. The minimum atomic E-state index is -4.12. The van der Waals surface area contributed by atoms with E-state index in [0.717, 1.165) is 0 Å². The molecule has 0 spiro atoms. The monoisotopic (exact) mass is 290 g/mol. The second kappa shape index (κ2) is 4.89. The van der Waals surface area contributed by atoms with Crippen LogP contribution in [0.15, 0.2) is 12.1 Å². The van der Waals surface area contributed by atoms with Crippen molar-refractivity contribution in [1.82, 2.24) is 5.20 Å². The lowest BCUT2D eigenvalue weighted by atomic mass is 10.3. The highest BCUT2D eigenvalue weighted by Crippen LogP contribution is 2.44. The maximum absolute atomic E-state index is 11.1. The van der Waals surface area contributed by atoms with Crippen LogP contribution in [0.3, 0.4) is 0 Å². The SMILES string of the molecule is NNP(=O)(O)Oc1ccc(Cl)c(Cl)c1Cl. The smallest absolute Gasteiger partial charge is 0.411 e. The summed E-state index contributed by atoms with van der Waals surface area (Å²) >= 11 is 17.1. The van der Waals surface area contributed by atoms with Gasteiger partial charge >= 0.3 is 7.75 Å². The standard InChI is InChI=1S/C6H6Cl3N2O3P/c7-3-1-2-4(6(9)5(3)8)14-15(12,13)11-10/h1-2H,10H2,(H2,11,12,13). The Bertz CT molecular complexity index is 428. The van der Waals surface area contributed by atoms with Gasteiger partial charge in [-0.15, -0.1) is 0 Å². The summed E-state index contributed by atoms with van der Waals surface area (Å²) in [4.78, 5) is 9.02. The zero-order chi connectivity index (χ0) is 11.6. The van der Waals surface area contributed by atoms with E-state index in [1.54, 1.807) is 5.20 Å². The van der Waals surface area contributed by atoms with Crippen molar-refractivity contribution in [3.05, 3.63) is 27.2 Å².